The Bertz CT molecular complexity index is 1730. The van der Waals surface area contributed by atoms with Crippen molar-refractivity contribution in [3.8, 4) is 22.8 Å². The molecule has 210 valence electrons. The molecule has 1 saturated heterocycles. The summed E-state index contributed by atoms with van der Waals surface area (Å²) in [6, 6.07) is 10.5. The molecule has 0 spiro atoms. The van der Waals surface area contributed by atoms with Crippen LogP contribution in [-0.4, -0.2) is 54.8 Å². The second-order valence-electron chi connectivity index (χ2n) is 9.44. The van der Waals surface area contributed by atoms with E-state index in [2.05, 4.69) is 10.4 Å². The monoisotopic (exact) mass is 574 g/mol. The summed E-state index contributed by atoms with van der Waals surface area (Å²) in [5.41, 5.74) is 0.825. The number of pyridine rings is 1. The number of aryl methyl sites for hydroxylation is 1. The quantitative estimate of drug-likeness (QED) is 0.343. The predicted octanol–water partition coefficient (Wildman–Crippen LogP) is 5.05. The smallest absolute Gasteiger partial charge is 0.416 e. The molecule has 2 aromatic heterocycles. The van der Waals surface area contributed by atoms with Gasteiger partial charge < -0.3 is 14.8 Å². The first-order valence-corrected chi connectivity index (χ1v) is 14.0. The molecule has 1 aliphatic heterocycles. The lowest BCUT2D eigenvalue weighted by Crippen LogP contribution is -2.15. The number of nitrogens with zero attached hydrogens (tertiary/aromatic N) is 3. The lowest BCUT2D eigenvalue weighted by Gasteiger charge is -2.14. The van der Waals surface area contributed by atoms with E-state index in [1.54, 1.807) is 25.1 Å². The fourth-order valence-corrected chi connectivity index (χ4v) is 6.52. The summed E-state index contributed by atoms with van der Waals surface area (Å²) in [5.74, 6) is 0.124. The molecule has 2 aromatic carbocycles. The normalized spacial score (nSPS) is 16.7. The predicted molar refractivity (Wildman–Crippen MR) is 143 cm³/mol. The Kier molecular flexibility index (Phi) is 6.94. The van der Waals surface area contributed by atoms with Crippen molar-refractivity contribution in [1.82, 2.24) is 14.8 Å². The van der Waals surface area contributed by atoms with Crippen LogP contribution in [0, 0.1) is 6.92 Å². The lowest BCUT2D eigenvalue weighted by atomic mass is 10.0. The fraction of sp³-hybridized carbons (Fsp3) is 0.296. The molecule has 1 aliphatic rings. The Morgan fingerprint density at radius 3 is 2.48 bits per heavy atom. The van der Waals surface area contributed by atoms with Gasteiger partial charge in [0.2, 0.25) is 0 Å². The Morgan fingerprint density at radius 1 is 1.07 bits per heavy atom. The third-order valence-electron chi connectivity index (χ3n) is 6.76. The van der Waals surface area contributed by atoms with Crippen LogP contribution in [0.3, 0.4) is 0 Å². The largest absolute Gasteiger partial charge is 0.493 e. The molecule has 9 nitrogen and oxygen atoms in total. The van der Waals surface area contributed by atoms with Gasteiger partial charge in [-0.3, -0.25) is 4.79 Å². The van der Waals surface area contributed by atoms with Gasteiger partial charge in [-0.25, -0.2) is 18.1 Å². The zero-order chi connectivity index (χ0) is 28.8. The highest BCUT2D eigenvalue weighted by molar-refractivity contribution is 7.91. The van der Waals surface area contributed by atoms with Gasteiger partial charge in [-0.1, -0.05) is 6.07 Å². The number of sulfone groups is 1. The molecular formula is C27H25F3N4O5S. The maximum atomic E-state index is 13.6. The SMILES string of the molecule is COc1ccc(-c2cc(C(=O)Nc3cccc(C(F)(F)F)c3)c3c(C)nn(C4CCS(=O)(=O)C4)c3n2)cc1OC. The number of halogens is 3. The van der Waals surface area contributed by atoms with E-state index in [4.69, 9.17) is 14.5 Å². The van der Waals surface area contributed by atoms with Crippen LogP contribution in [0.1, 0.15) is 34.1 Å². The Hall–Kier alpha value is -4.13. The van der Waals surface area contributed by atoms with Crippen LogP contribution < -0.4 is 14.8 Å². The van der Waals surface area contributed by atoms with Gasteiger partial charge in [0.1, 0.15) is 0 Å². The number of aromatic nitrogens is 3. The third kappa shape index (κ3) is 5.20. The number of nitrogens with one attached hydrogen (secondary N) is 1. The van der Waals surface area contributed by atoms with E-state index in [0.29, 0.717) is 45.9 Å². The number of methoxy groups -OCH3 is 2. The topological polar surface area (TPSA) is 112 Å². The van der Waals surface area contributed by atoms with Crippen LogP contribution in [0.5, 0.6) is 11.5 Å². The van der Waals surface area contributed by atoms with Gasteiger partial charge >= 0.3 is 6.18 Å². The standard InChI is InChI=1S/C27H25F3N4O5S/c1-15-24-20(26(35)31-18-6-4-5-17(12-18)27(28,29)30)13-21(16-7-8-22(38-2)23(11-16)39-3)32-25(24)34(33-15)19-9-10-40(36,37)14-19/h4-8,11-13,19H,9-10,14H2,1-3H3,(H,31,35). The zero-order valence-electron chi connectivity index (χ0n) is 21.7. The van der Waals surface area contributed by atoms with Gasteiger partial charge in [0.25, 0.3) is 5.91 Å². The number of carbonyl (C=O) groups excluding carboxylic acids is 1. The molecule has 4 aromatic rings. The van der Waals surface area contributed by atoms with Crippen LogP contribution in [0.4, 0.5) is 18.9 Å². The molecule has 0 radical (unpaired) electrons. The van der Waals surface area contributed by atoms with Crippen molar-refractivity contribution in [3.05, 3.63) is 65.4 Å². The zero-order valence-corrected chi connectivity index (χ0v) is 22.6. The van der Waals surface area contributed by atoms with Crippen LogP contribution >= 0.6 is 0 Å². The number of amides is 1. The van der Waals surface area contributed by atoms with Crippen LogP contribution in [0.15, 0.2) is 48.5 Å². The van der Waals surface area contributed by atoms with Crippen molar-refractivity contribution in [2.75, 3.05) is 31.0 Å². The average Bonchev–Trinajstić information content (AvgIpc) is 3.45. The number of fused-ring (bicyclic) bond motifs is 1. The van der Waals surface area contributed by atoms with Crippen LogP contribution in [0.25, 0.3) is 22.3 Å². The van der Waals surface area contributed by atoms with Crippen LogP contribution in [0.2, 0.25) is 0 Å². The Balaban J connectivity index is 1.67. The number of ether oxygens (including phenoxy) is 2. The third-order valence-corrected chi connectivity index (χ3v) is 8.51. The molecule has 0 bridgehead atoms. The highest BCUT2D eigenvalue weighted by Gasteiger charge is 2.33. The van der Waals surface area contributed by atoms with E-state index in [1.807, 2.05) is 0 Å². The summed E-state index contributed by atoms with van der Waals surface area (Å²) < 4.78 is 76.5. The van der Waals surface area contributed by atoms with Crippen molar-refractivity contribution < 1.29 is 35.9 Å². The fourth-order valence-electron chi connectivity index (χ4n) is 4.83. The highest BCUT2D eigenvalue weighted by Crippen LogP contribution is 2.36. The van der Waals surface area contributed by atoms with Crippen molar-refractivity contribution >= 4 is 32.5 Å². The molecule has 0 aliphatic carbocycles. The molecule has 1 fully saturated rings. The van der Waals surface area contributed by atoms with Crippen molar-refractivity contribution in [3.63, 3.8) is 0 Å². The van der Waals surface area contributed by atoms with Gasteiger partial charge in [-0.05, 0) is 55.8 Å². The second kappa shape index (κ2) is 10.1. The molecule has 1 atom stereocenters. The van der Waals surface area contributed by atoms with E-state index < -0.39 is 33.5 Å². The minimum Gasteiger partial charge on any atom is -0.493 e. The van der Waals surface area contributed by atoms with Crippen molar-refractivity contribution in [1.29, 1.82) is 0 Å². The highest BCUT2D eigenvalue weighted by atomic mass is 32.2. The molecule has 5 rings (SSSR count). The van der Waals surface area contributed by atoms with Gasteiger partial charge in [0.15, 0.2) is 27.0 Å². The van der Waals surface area contributed by atoms with E-state index in [0.717, 1.165) is 12.1 Å². The first-order valence-electron chi connectivity index (χ1n) is 12.2. The van der Waals surface area contributed by atoms with Gasteiger partial charge in [-0.15, -0.1) is 0 Å². The Morgan fingerprint density at radius 2 is 1.82 bits per heavy atom. The number of benzene rings is 2. The maximum absolute atomic E-state index is 13.6. The molecule has 40 heavy (non-hydrogen) atoms. The van der Waals surface area contributed by atoms with Crippen LogP contribution in [-0.2, 0) is 16.0 Å². The lowest BCUT2D eigenvalue weighted by molar-refractivity contribution is -0.137. The second-order valence-corrected chi connectivity index (χ2v) is 11.7. The molecular weight excluding hydrogens is 549 g/mol. The molecule has 1 amide bonds. The van der Waals surface area contributed by atoms with Crippen molar-refractivity contribution in [2.45, 2.75) is 25.6 Å². The van der Waals surface area contributed by atoms with Gasteiger partial charge in [-0.2, -0.15) is 18.3 Å². The van der Waals surface area contributed by atoms with Gasteiger partial charge in [0, 0.05) is 11.3 Å². The molecule has 0 saturated carbocycles. The van der Waals surface area contributed by atoms with Gasteiger partial charge in [0.05, 0.1) is 59.7 Å². The molecule has 1 N–H and O–H groups in total. The van der Waals surface area contributed by atoms with E-state index in [9.17, 15) is 26.4 Å². The summed E-state index contributed by atoms with van der Waals surface area (Å²) in [7, 11) is -0.283. The summed E-state index contributed by atoms with van der Waals surface area (Å²) >= 11 is 0. The summed E-state index contributed by atoms with van der Waals surface area (Å²) in [4.78, 5) is 18.4. The number of hydrogen-bond acceptors (Lipinski definition) is 7. The maximum Gasteiger partial charge on any atom is 0.416 e. The van der Waals surface area contributed by atoms with E-state index >= 15 is 0 Å². The molecule has 13 heteroatoms. The summed E-state index contributed by atoms with van der Waals surface area (Å²) in [5, 5.41) is 7.48. The number of carbonyl (C=O) groups is 1. The summed E-state index contributed by atoms with van der Waals surface area (Å²) in [6.07, 6.45) is -4.24. The number of rotatable bonds is 6. The number of hydrogen-bond donors (Lipinski definition) is 1. The molecule has 3 heterocycles. The minimum atomic E-state index is -4.58. The first kappa shape index (κ1) is 27.4. The number of anilines is 1. The van der Waals surface area contributed by atoms with Crippen molar-refractivity contribution in [2.24, 2.45) is 0 Å². The number of alkyl halides is 3. The molecule has 1 unspecified atom stereocenters. The van der Waals surface area contributed by atoms with E-state index in [-0.39, 0.29) is 22.8 Å². The first-order chi connectivity index (χ1) is 18.9. The Labute approximate surface area is 227 Å². The van der Waals surface area contributed by atoms with E-state index in [1.165, 1.54) is 37.1 Å². The average molecular weight is 575 g/mol. The summed E-state index contributed by atoms with van der Waals surface area (Å²) in [6.45, 7) is 1.67. The minimum absolute atomic E-state index is 0.0102.